The number of carbonyl (C=O) groups excluding carboxylic acids is 1. The Morgan fingerprint density at radius 1 is 1.32 bits per heavy atom. The molecule has 0 spiro atoms. The third-order valence-electron chi connectivity index (χ3n) is 3.08. The predicted molar refractivity (Wildman–Crippen MR) is 78.3 cm³/mol. The monoisotopic (exact) mass is 264 g/mol. The lowest BCUT2D eigenvalue weighted by molar-refractivity contribution is -0.144. The maximum absolute atomic E-state index is 11.5. The highest BCUT2D eigenvalue weighted by Gasteiger charge is 2.15. The molecule has 1 aromatic rings. The molecule has 0 bridgehead atoms. The van der Waals surface area contributed by atoms with Crippen molar-refractivity contribution in [3.8, 4) is 0 Å². The van der Waals surface area contributed by atoms with Crippen LogP contribution in [0.4, 0.5) is 5.69 Å². The van der Waals surface area contributed by atoms with Crippen molar-refractivity contribution in [3.05, 3.63) is 29.8 Å². The van der Waals surface area contributed by atoms with Crippen LogP contribution in [0.25, 0.3) is 0 Å². The lowest BCUT2D eigenvalue weighted by Crippen LogP contribution is -2.37. The number of hydrogen-bond donors (Lipinski definition) is 1. The van der Waals surface area contributed by atoms with Crippen molar-refractivity contribution in [1.29, 1.82) is 0 Å². The van der Waals surface area contributed by atoms with Crippen molar-refractivity contribution in [1.82, 2.24) is 0 Å². The fraction of sp³-hybridized carbons (Fsp3) is 0.533. The van der Waals surface area contributed by atoms with E-state index < -0.39 is 6.04 Å². The number of ether oxygens (including phenoxy) is 1. The zero-order valence-corrected chi connectivity index (χ0v) is 12.1. The Kier molecular flexibility index (Phi) is 6.36. The Labute approximate surface area is 115 Å². The van der Waals surface area contributed by atoms with Crippen LogP contribution < -0.4 is 10.6 Å². The van der Waals surface area contributed by atoms with Crippen molar-refractivity contribution in [2.75, 3.05) is 24.6 Å². The van der Waals surface area contributed by atoms with Gasteiger partial charge in [-0.2, -0.15) is 0 Å². The molecule has 19 heavy (non-hydrogen) atoms. The van der Waals surface area contributed by atoms with Crippen LogP contribution in [0.5, 0.6) is 0 Å². The Morgan fingerprint density at radius 3 is 2.47 bits per heavy atom. The molecule has 0 aliphatic rings. The van der Waals surface area contributed by atoms with Gasteiger partial charge in [0.05, 0.1) is 6.61 Å². The summed E-state index contributed by atoms with van der Waals surface area (Å²) in [5.74, 6) is -0.317. The van der Waals surface area contributed by atoms with Gasteiger partial charge in [0.15, 0.2) is 0 Å². The zero-order chi connectivity index (χ0) is 14.3. The third-order valence-corrected chi connectivity index (χ3v) is 3.08. The SMILES string of the molecule is CCOC(=O)C(N)CCN(CC)c1ccc(C)cc1. The van der Waals surface area contributed by atoms with Crippen LogP contribution in [0.3, 0.4) is 0 Å². The number of carbonyl (C=O) groups is 1. The number of nitrogens with zero attached hydrogens (tertiary/aromatic N) is 1. The van der Waals surface area contributed by atoms with E-state index >= 15 is 0 Å². The standard InChI is InChI=1S/C15H24N2O2/c1-4-17(13-8-6-12(3)7-9-13)11-10-14(16)15(18)19-5-2/h6-9,14H,4-5,10-11,16H2,1-3H3. The highest BCUT2D eigenvalue weighted by atomic mass is 16.5. The van der Waals surface area contributed by atoms with Gasteiger partial charge in [-0.1, -0.05) is 17.7 Å². The van der Waals surface area contributed by atoms with Crippen molar-refractivity contribution in [3.63, 3.8) is 0 Å². The summed E-state index contributed by atoms with van der Waals surface area (Å²) >= 11 is 0. The molecule has 0 aliphatic carbocycles. The van der Waals surface area contributed by atoms with Gasteiger partial charge in [0, 0.05) is 18.8 Å². The number of hydrogen-bond acceptors (Lipinski definition) is 4. The highest BCUT2D eigenvalue weighted by molar-refractivity contribution is 5.75. The molecule has 0 amide bonds. The third kappa shape index (κ3) is 4.91. The van der Waals surface area contributed by atoms with Crippen LogP contribution in [0.1, 0.15) is 25.8 Å². The molecule has 0 saturated heterocycles. The number of esters is 1. The summed E-state index contributed by atoms with van der Waals surface area (Å²) in [4.78, 5) is 13.7. The van der Waals surface area contributed by atoms with Gasteiger partial charge in [-0.3, -0.25) is 4.79 Å². The van der Waals surface area contributed by atoms with E-state index in [4.69, 9.17) is 10.5 Å². The molecule has 1 aromatic carbocycles. The van der Waals surface area contributed by atoms with Crippen LogP contribution in [0, 0.1) is 6.92 Å². The zero-order valence-electron chi connectivity index (χ0n) is 12.1. The summed E-state index contributed by atoms with van der Waals surface area (Å²) in [6.07, 6.45) is 0.598. The molecule has 106 valence electrons. The second-order valence-corrected chi connectivity index (χ2v) is 4.56. The maximum atomic E-state index is 11.5. The summed E-state index contributed by atoms with van der Waals surface area (Å²) in [7, 11) is 0. The second kappa shape index (κ2) is 7.79. The molecule has 0 aromatic heterocycles. The molecule has 2 N–H and O–H groups in total. The van der Waals surface area contributed by atoms with Crippen molar-refractivity contribution >= 4 is 11.7 Å². The van der Waals surface area contributed by atoms with Crippen LogP contribution in [-0.4, -0.2) is 31.7 Å². The second-order valence-electron chi connectivity index (χ2n) is 4.56. The van der Waals surface area contributed by atoms with Gasteiger partial charge in [-0.05, 0) is 39.3 Å². The largest absolute Gasteiger partial charge is 0.465 e. The summed E-state index contributed by atoms with van der Waals surface area (Å²) in [5, 5.41) is 0. The molecule has 0 fully saturated rings. The summed E-state index contributed by atoms with van der Waals surface area (Å²) in [6.45, 7) is 7.96. The summed E-state index contributed by atoms with van der Waals surface area (Å²) in [5.41, 5.74) is 8.20. The number of anilines is 1. The van der Waals surface area contributed by atoms with Gasteiger partial charge in [-0.25, -0.2) is 0 Å². The van der Waals surface area contributed by atoms with Gasteiger partial charge in [0.2, 0.25) is 0 Å². The minimum absolute atomic E-state index is 0.317. The van der Waals surface area contributed by atoms with Crippen molar-refractivity contribution in [2.24, 2.45) is 5.73 Å². The van der Waals surface area contributed by atoms with Gasteiger partial charge < -0.3 is 15.4 Å². The van der Waals surface area contributed by atoms with Crippen LogP contribution in [0.15, 0.2) is 24.3 Å². The van der Waals surface area contributed by atoms with Gasteiger partial charge >= 0.3 is 5.97 Å². The van der Waals surface area contributed by atoms with Crippen LogP contribution >= 0.6 is 0 Å². The Morgan fingerprint density at radius 2 is 1.95 bits per heavy atom. The molecule has 4 heteroatoms. The van der Waals surface area contributed by atoms with E-state index in [0.717, 1.165) is 18.8 Å². The van der Waals surface area contributed by atoms with Crippen molar-refractivity contribution in [2.45, 2.75) is 33.2 Å². The lowest BCUT2D eigenvalue weighted by Gasteiger charge is -2.24. The highest BCUT2D eigenvalue weighted by Crippen LogP contribution is 2.15. The van der Waals surface area contributed by atoms with Crippen LogP contribution in [0.2, 0.25) is 0 Å². The fourth-order valence-corrected chi connectivity index (χ4v) is 1.89. The normalized spacial score (nSPS) is 12.0. The van der Waals surface area contributed by atoms with E-state index in [2.05, 4.69) is 43.0 Å². The van der Waals surface area contributed by atoms with Crippen LogP contribution in [-0.2, 0) is 9.53 Å². The number of nitrogens with two attached hydrogens (primary N) is 1. The molecular weight excluding hydrogens is 240 g/mol. The van der Waals surface area contributed by atoms with Gasteiger partial charge in [0.25, 0.3) is 0 Å². The van der Waals surface area contributed by atoms with E-state index in [9.17, 15) is 4.79 Å². The minimum Gasteiger partial charge on any atom is -0.465 e. The average Bonchev–Trinajstić information content (AvgIpc) is 2.41. The summed E-state index contributed by atoms with van der Waals surface area (Å²) < 4.78 is 4.91. The average molecular weight is 264 g/mol. The first-order valence-electron chi connectivity index (χ1n) is 6.82. The van der Waals surface area contributed by atoms with Gasteiger partial charge in [0.1, 0.15) is 6.04 Å². The first-order chi connectivity index (χ1) is 9.08. The van der Waals surface area contributed by atoms with E-state index in [1.807, 2.05) is 0 Å². The molecule has 4 nitrogen and oxygen atoms in total. The first-order valence-corrected chi connectivity index (χ1v) is 6.82. The summed E-state index contributed by atoms with van der Waals surface area (Å²) in [6, 6.07) is 7.81. The first kappa shape index (κ1) is 15.5. The van der Waals surface area contributed by atoms with E-state index in [0.29, 0.717) is 13.0 Å². The van der Waals surface area contributed by atoms with Crippen molar-refractivity contribution < 1.29 is 9.53 Å². The Bertz CT molecular complexity index is 390. The fourth-order valence-electron chi connectivity index (χ4n) is 1.89. The molecule has 1 rings (SSSR count). The smallest absolute Gasteiger partial charge is 0.322 e. The number of benzene rings is 1. The van der Waals surface area contributed by atoms with E-state index in [1.54, 1.807) is 6.92 Å². The Balaban J connectivity index is 2.53. The lowest BCUT2D eigenvalue weighted by atomic mass is 10.2. The number of rotatable bonds is 7. The quantitative estimate of drug-likeness (QED) is 0.766. The molecule has 1 atom stereocenters. The molecular formula is C15H24N2O2. The minimum atomic E-state index is -0.542. The topological polar surface area (TPSA) is 55.6 Å². The maximum Gasteiger partial charge on any atom is 0.322 e. The molecule has 1 unspecified atom stereocenters. The van der Waals surface area contributed by atoms with E-state index in [1.165, 1.54) is 5.56 Å². The molecule has 0 aliphatic heterocycles. The van der Waals surface area contributed by atoms with Gasteiger partial charge in [-0.15, -0.1) is 0 Å². The van der Waals surface area contributed by atoms with E-state index in [-0.39, 0.29) is 5.97 Å². The molecule has 0 saturated carbocycles. The predicted octanol–water partition coefficient (Wildman–Crippen LogP) is 2.10. The number of aryl methyl sites for hydroxylation is 1. The Hall–Kier alpha value is -1.55. The molecule has 0 radical (unpaired) electrons. The molecule has 0 heterocycles.